The van der Waals surface area contributed by atoms with Gasteiger partial charge in [0.1, 0.15) is 5.60 Å². The first-order valence-electron chi connectivity index (χ1n) is 8.89. The summed E-state index contributed by atoms with van der Waals surface area (Å²) in [5.41, 5.74) is 0.536. The first-order chi connectivity index (χ1) is 12.9. The van der Waals surface area contributed by atoms with Gasteiger partial charge in [0.15, 0.2) is 17.3 Å². The van der Waals surface area contributed by atoms with Crippen molar-refractivity contribution in [2.45, 2.75) is 37.3 Å². The van der Waals surface area contributed by atoms with Crippen LogP contribution >= 0.6 is 0 Å². The summed E-state index contributed by atoms with van der Waals surface area (Å²) < 4.78 is 23.3. The number of ketones is 1. The lowest BCUT2D eigenvalue weighted by Gasteiger charge is -2.44. The fourth-order valence-corrected chi connectivity index (χ4v) is 4.29. The van der Waals surface area contributed by atoms with Gasteiger partial charge >= 0.3 is 0 Å². The van der Waals surface area contributed by atoms with E-state index in [0.29, 0.717) is 17.7 Å². The van der Waals surface area contributed by atoms with Crippen molar-refractivity contribution in [3.8, 4) is 11.5 Å². The summed E-state index contributed by atoms with van der Waals surface area (Å²) >= 11 is 0. The molecule has 0 aromatic heterocycles. The van der Waals surface area contributed by atoms with Gasteiger partial charge in [0, 0.05) is 20.1 Å². The zero-order chi connectivity index (χ0) is 19.8. The molecule has 1 aliphatic carbocycles. The van der Waals surface area contributed by atoms with Crippen LogP contribution in [0.3, 0.4) is 0 Å². The van der Waals surface area contributed by atoms with Gasteiger partial charge in [-0.3, -0.25) is 4.79 Å². The number of hydrogen-bond acceptors (Lipinski definition) is 6. The van der Waals surface area contributed by atoms with Crippen molar-refractivity contribution < 1.29 is 28.8 Å². The van der Waals surface area contributed by atoms with Crippen molar-refractivity contribution in [2.75, 3.05) is 21.3 Å². The number of phenolic OH excluding ortho intramolecular Hbond substituents is 1. The van der Waals surface area contributed by atoms with Crippen LogP contribution in [0.1, 0.15) is 31.4 Å². The summed E-state index contributed by atoms with van der Waals surface area (Å²) in [5, 5.41) is 9.89. The third kappa shape index (κ3) is 2.79. The molecule has 0 spiro atoms. The van der Waals surface area contributed by atoms with E-state index in [-0.39, 0.29) is 23.9 Å². The van der Waals surface area contributed by atoms with Crippen molar-refractivity contribution in [2.24, 2.45) is 5.92 Å². The number of Topliss-reactive ketones (excluding diaryl/α,β-unsaturated/α-hetero) is 1. The number of phenols is 1. The predicted molar refractivity (Wildman–Crippen MR) is 99.6 cm³/mol. The molecule has 3 rings (SSSR count). The second-order valence-corrected chi connectivity index (χ2v) is 6.98. The van der Waals surface area contributed by atoms with Gasteiger partial charge in [0.25, 0.3) is 0 Å². The second kappa shape index (κ2) is 7.11. The van der Waals surface area contributed by atoms with Crippen LogP contribution in [0.4, 0.5) is 0 Å². The van der Waals surface area contributed by atoms with E-state index in [1.54, 1.807) is 31.4 Å². The van der Waals surface area contributed by atoms with Crippen molar-refractivity contribution in [3.63, 3.8) is 0 Å². The minimum Gasteiger partial charge on any atom is -0.504 e. The molecule has 1 heterocycles. The minimum atomic E-state index is -1.22. The fourth-order valence-electron chi connectivity index (χ4n) is 4.29. The Morgan fingerprint density at radius 1 is 1.33 bits per heavy atom. The Labute approximate surface area is 159 Å². The molecule has 1 aliphatic heterocycles. The van der Waals surface area contributed by atoms with Gasteiger partial charge in [-0.25, -0.2) is 0 Å². The van der Waals surface area contributed by atoms with Crippen molar-refractivity contribution in [3.05, 3.63) is 48.1 Å². The molecule has 1 aromatic rings. The summed E-state index contributed by atoms with van der Waals surface area (Å²) in [6.45, 7) is 5.74. The maximum atomic E-state index is 12.7. The van der Waals surface area contributed by atoms with E-state index in [1.165, 1.54) is 14.2 Å². The average molecular weight is 374 g/mol. The molecule has 4 atom stereocenters. The Morgan fingerprint density at radius 3 is 2.67 bits per heavy atom. The van der Waals surface area contributed by atoms with Crippen molar-refractivity contribution >= 4 is 5.78 Å². The molecule has 146 valence electrons. The van der Waals surface area contributed by atoms with E-state index in [2.05, 4.69) is 6.58 Å². The largest absolute Gasteiger partial charge is 0.504 e. The molecule has 6 nitrogen and oxygen atoms in total. The molecular weight excluding hydrogens is 348 g/mol. The number of allylic oxidation sites excluding steroid dienone is 2. The van der Waals surface area contributed by atoms with Gasteiger partial charge in [0.05, 0.1) is 19.6 Å². The Hall–Kier alpha value is -2.15. The summed E-state index contributed by atoms with van der Waals surface area (Å²) in [6.07, 6.45) is 3.66. The number of benzene rings is 1. The van der Waals surface area contributed by atoms with E-state index < -0.39 is 17.5 Å². The van der Waals surface area contributed by atoms with E-state index >= 15 is 0 Å². The number of hydrogen-bond donors (Lipinski definition) is 1. The van der Waals surface area contributed by atoms with Crippen LogP contribution in [0.25, 0.3) is 0 Å². The topological polar surface area (TPSA) is 74.2 Å². The lowest BCUT2D eigenvalue weighted by Crippen LogP contribution is -2.58. The Bertz CT molecular complexity index is 785. The molecule has 1 aromatic carbocycles. The number of ether oxygens (including phenoxy) is 4. The molecule has 27 heavy (non-hydrogen) atoms. The average Bonchev–Trinajstić information content (AvgIpc) is 2.92. The van der Waals surface area contributed by atoms with Crippen molar-refractivity contribution in [1.82, 2.24) is 0 Å². The van der Waals surface area contributed by atoms with Crippen LogP contribution in [0.15, 0.2) is 42.5 Å². The number of aromatic hydroxyl groups is 1. The Balaban J connectivity index is 2.11. The summed E-state index contributed by atoms with van der Waals surface area (Å²) in [5.74, 6) is -1.02. The molecule has 0 radical (unpaired) electrons. The molecule has 1 saturated heterocycles. The highest BCUT2D eigenvalue weighted by Gasteiger charge is 2.67. The number of rotatable bonds is 6. The highest BCUT2D eigenvalue weighted by molar-refractivity contribution is 5.97. The fraction of sp³-hybridized carbons (Fsp3) is 0.476. The van der Waals surface area contributed by atoms with E-state index in [0.717, 1.165) is 5.56 Å². The van der Waals surface area contributed by atoms with E-state index in [9.17, 15) is 9.90 Å². The normalized spacial score (nSPS) is 32.7. The third-order valence-electron chi connectivity index (χ3n) is 5.75. The summed E-state index contributed by atoms with van der Waals surface area (Å²) in [7, 11) is 4.62. The molecule has 1 N–H and O–H groups in total. The molecule has 6 heteroatoms. The van der Waals surface area contributed by atoms with E-state index in [4.69, 9.17) is 18.9 Å². The van der Waals surface area contributed by atoms with Gasteiger partial charge in [-0.2, -0.15) is 0 Å². The van der Waals surface area contributed by atoms with Gasteiger partial charge in [-0.1, -0.05) is 19.1 Å². The second-order valence-electron chi connectivity index (χ2n) is 6.98. The van der Waals surface area contributed by atoms with E-state index in [1.807, 2.05) is 13.0 Å². The highest BCUT2D eigenvalue weighted by atomic mass is 16.7. The Morgan fingerprint density at radius 2 is 2.07 bits per heavy atom. The molecular formula is C21H26O6. The molecule has 0 amide bonds. The van der Waals surface area contributed by atoms with Gasteiger partial charge < -0.3 is 24.1 Å². The third-order valence-corrected chi connectivity index (χ3v) is 5.75. The lowest BCUT2D eigenvalue weighted by molar-refractivity contribution is -0.274. The van der Waals surface area contributed by atoms with Crippen LogP contribution in [0.5, 0.6) is 11.5 Å². The zero-order valence-electron chi connectivity index (χ0n) is 16.2. The monoisotopic (exact) mass is 374 g/mol. The van der Waals surface area contributed by atoms with Gasteiger partial charge in [-0.15, -0.1) is 6.58 Å². The smallest absolute Gasteiger partial charge is 0.209 e. The molecule has 0 unspecified atom stereocenters. The SMILES string of the molecule is C=CCC1=C[C@]2(OC)[C@H](C)[C@@H](c3ccc(O)c(OC)c3)O[C@]2(OC)CC1=O. The van der Waals surface area contributed by atoms with Crippen LogP contribution in [-0.4, -0.2) is 43.6 Å². The summed E-state index contributed by atoms with van der Waals surface area (Å²) in [6, 6.07) is 5.07. The summed E-state index contributed by atoms with van der Waals surface area (Å²) in [4.78, 5) is 12.7. The van der Waals surface area contributed by atoms with Gasteiger partial charge in [0.2, 0.25) is 5.79 Å². The first kappa shape index (κ1) is 19.6. The maximum absolute atomic E-state index is 12.7. The highest BCUT2D eigenvalue weighted by Crippen LogP contribution is 2.57. The van der Waals surface area contributed by atoms with Crippen LogP contribution in [0, 0.1) is 5.92 Å². The van der Waals surface area contributed by atoms with Crippen LogP contribution in [0.2, 0.25) is 0 Å². The number of fused-ring (bicyclic) bond motifs is 1. The van der Waals surface area contributed by atoms with Crippen molar-refractivity contribution in [1.29, 1.82) is 0 Å². The van der Waals surface area contributed by atoms with Crippen LogP contribution < -0.4 is 4.74 Å². The standard InChI is InChI=1S/C21H26O6/c1-6-7-15-11-20(25-4)13(2)19(27-21(20,26-5)12-17(15)23)14-8-9-16(22)18(10-14)24-3/h6,8-11,13,19,22H,1,7,12H2,2-5H3/t13-,19+,20+,21-/m1/s1. The first-order valence-corrected chi connectivity index (χ1v) is 8.89. The molecule has 0 saturated carbocycles. The maximum Gasteiger partial charge on any atom is 0.209 e. The molecule has 2 aliphatic rings. The van der Waals surface area contributed by atoms with Gasteiger partial charge in [-0.05, 0) is 35.8 Å². The minimum absolute atomic E-state index is 0.0411. The number of carbonyl (C=O) groups excluding carboxylic acids is 1. The number of carbonyl (C=O) groups is 1. The molecule has 0 bridgehead atoms. The zero-order valence-corrected chi connectivity index (χ0v) is 16.2. The lowest BCUT2D eigenvalue weighted by atomic mass is 9.72. The number of methoxy groups -OCH3 is 3. The predicted octanol–water partition coefficient (Wildman–Crippen LogP) is 3.31. The quantitative estimate of drug-likeness (QED) is 0.770. The molecule has 1 fully saturated rings. The Kier molecular flexibility index (Phi) is 5.16. The van der Waals surface area contributed by atoms with Crippen LogP contribution in [-0.2, 0) is 19.0 Å².